The van der Waals surface area contributed by atoms with Crippen molar-refractivity contribution in [1.82, 2.24) is 29.6 Å². The van der Waals surface area contributed by atoms with Gasteiger partial charge in [-0.15, -0.1) is 10.2 Å². The quantitative estimate of drug-likeness (QED) is 0.893. The molecule has 1 N–H and O–H groups in total. The van der Waals surface area contributed by atoms with Crippen LogP contribution in [0.1, 0.15) is 41.8 Å². The van der Waals surface area contributed by atoms with E-state index < -0.39 is 0 Å². The van der Waals surface area contributed by atoms with Crippen molar-refractivity contribution in [3.05, 3.63) is 29.4 Å². The van der Waals surface area contributed by atoms with E-state index in [4.69, 9.17) is 4.98 Å². The van der Waals surface area contributed by atoms with Crippen molar-refractivity contribution in [1.29, 1.82) is 0 Å². The summed E-state index contributed by atoms with van der Waals surface area (Å²) in [4.78, 5) is 4.89. The van der Waals surface area contributed by atoms with E-state index in [0.29, 0.717) is 5.92 Å². The zero-order chi connectivity index (χ0) is 13.5. The van der Waals surface area contributed by atoms with Crippen LogP contribution in [-0.4, -0.2) is 30.9 Å². The van der Waals surface area contributed by atoms with E-state index in [2.05, 4.69) is 20.1 Å². The summed E-state index contributed by atoms with van der Waals surface area (Å²) in [5.41, 5.74) is 2.70. The van der Waals surface area contributed by atoms with Crippen LogP contribution < -0.4 is 5.32 Å². The summed E-state index contributed by atoms with van der Waals surface area (Å²) in [6.07, 6.45) is 6.38. The average Bonchev–Trinajstić information content (AvgIpc) is 3.13. The fourth-order valence-electron chi connectivity index (χ4n) is 3.04. The van der Waals surface area contributed by atoms with Crippen molar-refractivity contribution < 1.29 is 0 Å². The minimum atomic E-state index is 0.695. The summed E-state index contributed by atoms with van der Waals surface area (Å²) in [5.74, 6) is 3.05. The average molecular weight is 272 g/mol. The Balaban J connectivity index is 1.62. The van der Waals surface area contributed by atoms with Crippen molar-refractivity contribution in [2.24, 2.45) is 7.05 Å². The number of aryl methyl sites for hydroxylation is 2. The lowest BCUT2D eigenvalue weighted by molar-refractivity contribution is 0.565. The van der Waals surface area contributed by atoms with Crippen molar-refractivity contribution in [2.45, 2.75) is 44.7 Å². The maximum atomic E-state index is 4.89. The van der Waals surface area contributed by atoms with E-state index in [9.17, 15) is 0 Å². The molecule has 0 unspecified atom stereocenters. The molecule has 0 atom stereocenters. The molecule has 106 valence electrons. The van der Waals surface area contributed by atoms with Gasteiger partial charge in [0.2, 0.25) is 0 Å². The summed E-state index contributed by atoms with van der Waals surface area (Å²) < 4.78 is 4.46. The number of hydrogen-bond donors (Lipinski definition) is 1. The van der Waals surface area contributed by atoms with Crippen molar-refractivity contribution in [3.8, 4) is 0 Å². The highest BCUT2D eigenvalue weighted by atomic mass is 15.2. The standard InChI is InChI=1S/C14H20N6/c1-19-9-16-18-13(19)5-7-20-12-4-6-15-8-11(12)17-14(20)10-2-3-10/h9-10,15H,2-8H2,1H3. The molecule has 2 aliphatic rings. The van der Waals surface area contributed by atoms with Crippen LogP contribution in [0, 0.1) is 0 Å². The molecule has 1 aliphatic carbocycles. The predicted molar refractivity (Wildman–Crippen MR) is 74.3 cm³/mol. The van der Waals surface area contributed by atoms with E-state index in [0.717, 1.165) is 38.3 Å². The summed E-state index contributed by atoms with van der Waals surface area (Å²) in [6, 6.07) is 0. The minimum absolute atomic E-state index is 0.695. The summed E-state index contributed by atoms with van der Waals surface area (Å²) in [7, 11) is 2.00. The van der Waals surface area contributed by atoms with Gasteiger partial charge in [-0.1, -0.05) is 0 Å². The van der Waals surface area contributed by atoms with Gasteiger partial charge in [-0.25, -0.2) is 4.98 Å². The van der Waals surface area contributed by atoms with E-state index in [1.54, 1.807) is 6.33 Å². The van der Waals surface area contributed by atoms with Gasteiger partial charge in [-0.2, -0.15) is 0 Å². The van der Waals surface area contributed by atoms with E-state index in [-0.39, 0.29) is 0 Å². The van der Waals surface area contributed by atoms with Crippen LogP contribution in [-0.2, 0) is 33.0 Å². The Morgan fingerprint density at radius 2 is 2.30 bits per heavy atom. The monoisotopic (exact) mass is 272 g/mol. The molecule has 1 fully saturated rings. The second-order valence-electron chi connectivity index (χ2n) is 5.82. The second kappa shape index (κ2) is 4.70. The molecule has 20 heavy (non-hydrogen) atoms. The SMILES string of the molecule is Cn1cnnc1CCn1c(C2CC2)nc2c1CCNC2. The third-order valence-electron chi connectivity index (χ3n) is 4.32. The van der Waals surface area contributed by atoms with Crippen LogP contribution in [0.4, 0.5) is 0 Å². The largest absolute Gasteiger partial charge is 0.331 e. The van der Waals surface area contributed by atoms with Crippen LogP contribution in [0.25, 0.3) is 0 Å². The van der Waals surface area contributed by atoms with E-state index >= 15 is 0 Å². The first-order chi connectivity index (χ1) is 9.83. The highest BCUT2D eigenvalue weighted by Gasteiger charge is 2.31. The molecule has 0 bridgehead atoms. The lowest BCUT2D eigenvalue weighted by Gasteiger charge is -2.16. The van der Waals surface area contributed by atoms with Crippen molar-refractivity contribution >= 4 is 0 Å². The van der Waals surface area contributed by atoms with Crippen molar-refractivity contribution in [2.75, 3.05) is 6.54 Å². The third kappa shape index (κ3) is 2.04. The molecule has 2 aromatic rings. The zero-order valence-corrected chi connectivity index (χ0v) is 11.8. The molecule has 4 rings (SSSR count). The first kappa shape index (κ1) is 12.1. The molecule has 3 heterocycles. The smallest absolute Gasteiger partial charge is 0.134 e. The molecule has 1 aliphatic heterocycles. The van der Waals surface area contributed by atoms with Crippen LogP contribution in [0.5, 0.6) is 0 Å². The van der Waals surface area contributed by atoms with Gasteiger partial charge in [-0.3, -0.25) is 0 Å². The molecule has 0 saturated heterocycles. The van der Waals surface area contributed by atoms with E-state index in [1.165, 1.54) is 30.1 Å². The topological polar surface area (TPSA) is 60.6 Å². The lowest BCUT2D eigenvalue weighted by Crippen LogP contribution is -2.25. The van der Waals surface area contributed by atoms with Gasteiger partial charge in [0.05, 0.1) is 5.69 Å². The molecular formula is C14H20N6. The van der Waals surface area contributed by atoms with Gasteiger partial charge in [0.15, 0.2) is 0 Å². The second-order valence-corrected chi connectivity index (χ2v) is 5.82. The summed E-state index contributed by atoms with van der Waals surface area (Å²) in [5, 5.41) is 11.6. The van der Waals surface area contributed by atoms with Gasteiger partial charge in [0.1, 0.15) is 18.0 Å². The number of nitrogens with zero attached hydrogens (tertiary/aromatic N) is 5. The molecular weight excluding hydrogens is 252 g/mol. The highest BCUT2D eigenvalue weighted by Crippen LogP contribution is 2.40. The molecule has 0 amide bonds. The predicted octanol–water partition coefficient (Wildman–Crippen LogP) is 0.777. The number of aromatic nitrogens is 5. The minimum Gasteiger partial charge on any atom is -0.331 e. The Morgan fingerprint density at radius 1 is 1.40 bits per heavy atom. The maximum absolute atomic E-state index is 4.89. The van der Waals surface area contributed by atoms with Crippen LogP contribution >= 0.6 is 0 Å². The molecule has 2 aromatic heterocycles. The fraction of sp³-hybridized carbons (Fsp3) is 0.643. The third-order valence-corrected chi connectivity index (χ3v) is 4.32. The number of nitrogens with one attached hydrogen (secondary N) is 1. The Bertz CT molecular complexity index is 622. The Hall–Kier alpha value is -1.69. The normalized spacial score (nSPS) is 18.2. The van der Waals surface area contributed by atoms with Crippen molar-refractivity contribution in [3.63, 3.8) is 0 Å². The van der Waals surface area contributed by atoms with Gasteiger partial charge in [-0.05, 0) is 12.8 Å². The molecule has 6 nitrogen and oxygen atoms in total. The van der Waals surface area contributed by atoms with Gasteiger partial charge in [0.25, 0.3) is 0 Å². The first-order valence-electron chi connectivity index (χ1n) is 7.44. The first-order valence-corrected chi connectivity index (χ1v) is 7.44. The lowest BCUT2D eigenvalue weighted by atomic mass is 10.2. The van der Waals surface area contributed by atoms with Crippen LogP contribution in [0.2, 0.25) is 0 Å². The Labute approximate surface area is 118 Å². The fourth-order valence-corrected chi connectivity index (χ4v) is 3.04. The number of rotatable bonds is 4. The summed E-state index contributed by atoms with van der Waals surface area (Å²) >= 11 is 0. The highest BCUT2D eigenvalue weighted by molar-refractivity contribution is 5.24. The number of hydrogen-bond acceptors (Lipinski definition) is 4. The molecule has 6 heteroatoms. The Kier molecular flexibility index (Phi) is 2.84. The van der Waals surface area contributed by atoms with E-state index in [1.807, 2.05) is 11.6 Å². The van der Waals surface area contributed by atoms with Gasteiger partial charge in [0, 0.05) is 51.1 Å². The molecule has 0 radical (unpaired) electrons. The van der Waals surface area contributed by atoms with Crippen LogP contribution in [0.3, 0.4) is 0 Å². The zero-order valence-electron chi connectivity index (χ0n) is 11.8. The molecule has 0 aromatic carbocycles. The maximum Gasteiger partial charge on any atom is 0.134 e. The summed E-state index contributed by atoms with van der Waals surface area (Å²) in [6.45, 7) is 2.96. The number of imidazole rings is 1. The van der Waals surface area contributed by atoms with Gasteiger partial charge >= 0.3 is 0 Å². The molecule has 1 saturated carbocycles. The van der Waals surface area contributed by atoms with Gasteiger partial charge < -0.3 is 14.5 Å². The Morgan fingerprint density at radius 3 is 3.05 bits per heavy atom. The number of fused-ring (bicyclic) bond motifs is 1. The van der Waals surface area contributed by atoms with Crippen LogP contribution in [0.15, 0.2) is 6.33 Å². The molecule has 0 spiro atoms.